The first kappa shape index (κ1) is 16.8. The summed E-state index contributed by atoms with van der Waals surface area (Å²) in [5, 5.41) is 2.37. The minimum absolute atomic E-state index is 0.0735. The predicted molar refractivity (Wildman–Crippen MR) is 66.3 cm³/mol. The predicted octanol–water partition coefficient (Wildman–Crippen LogP) is 2.33. The molecule has 0 saturated heterocycles. The lowest BCUT2D eigenvalue weighted by atomic mass is 10.1. The van der Waals surface area contributed by atoms with E-state index in [0.29, 0.717) is 5.56 Å². The molecule has 116 valence electrons. The van der Waals surface area contributed by atoms with Gasteiger partial charge in [-0.25, -0.2) is 4.79 Å². The van der Waals surface area contributed by atoms with Crippen LogP contribution in [0.2, 0.25) is 0 Å². The van der Waals surface area contributed by atoms with Crippen molar-refractivity contribution in [1.29, 1.82) is 0 Å². The molecule has 1 N–H and O–H groups in total. The van der Waals surface area contributed by atoms with Gasteiger partial charge in [-0.2, -0.15) is 0 Å². The van der Waals surface area contributed by atoms with Crippen molar-refractivity contribution in [3.8, 4) is 5.75 Å². The number of benzene rings is 1. The summed E-state index contributed by atoms with van der Waals surface area (Å²) in [7, 11) is 0. The number of carbonyl (C=O) groups excluding carboxylic acids is 2. The monoisotopic (exact) mass is 305 g/mol. The number of hydrogen-bond donors (Lipinski definition) is 1. The third-order valence-electron chi connectivity index (χ3n) is 2.42. The van der Waals surface area contributed by atoms with Crippen LogP contribution in [0.5, 0.6) is 5.75 Å². The zero-order valence-corrected chi connectivity index (χ0v) is 11.4. The average Bonchev–Trinajstić information content (AvgIpc) is 2.37. The van der Waals surface area contributed by atoms with Gasteiger partial charge in [0.1, 0.15) is 5.75 Å². The smallest absolute Gasteiger partial charge is 0.459 e. The summed E-state index contributed by atoms with van der Waals surface area (Å²) in [5.41, 5.74) is 0.516. The summed E-state index contributed by atoms with van der Waals surface area (Å²) in [5.74, 6) is -2.29. The van der Waals surface area contributed by atoms with Gasteiger partial charge >= 0.3 is 18.2 Å². The maximum absolute atomic E-state index is 12.0. The summed E-state index contributed by atoms with van der Waals surface area (Å²) >= 11 is 0. The standard InChI is InChI=1S/C13H14F3NO4/c1-3-20-12(19)11(18)17-8(2)9-4-6-10(7-5-9)21-13(14,15)16/h4-8H,3H2,1-2H3,(H,17,18)/t8-/m0/s1. The lowest BCUT2D eigenvalue weighted by Gasteiger charge is -2.14. The van der Waals surface area contributed by atoms with Crippen molar-refractivity contribution in [2.24, 2.45) is 0 Å². The first-order valence-electron chi connectivity index (χ1n) is 6.06. The van der Waals surface area contributed by atoms with E-state index in [0.717, 1.165) is 12.1 Å². The van der Waals surface area contributed by atoms with Crippen molar-refractivity contribution in [2.75, 3.05) is 6.61 Å². The average molecular weight is 305 g/mol. The quantitative estimate of drug-likeness (QED) is 0.685. The van der Waals surface area contributed by atoms with E-state index >= 15 is 0 Å². The highest BCUT2D eigenvalue weighted by Gasteiger charge is 2.31. The van der Waals surface area contributed by atoms with E-state index in [2.05, 4.69) is 14.8 Å². The molecule has 0 aliphatic rings. The van der Waals surface area contributed by atoms with Crippen molar-refractivity contribution in [3.63, 3.8) is 0 Å². The first-order chi connectivity index (χ1) is 9.73. The second kappa shape index (κ2) is 6.96. The Morgan fingerprint density at radius 3 is 2.29 bits per heavy atom. The van der Waals surface area contributed by atoms with Gasteiger partial charge in [0.2, 0.25) is 0 Å². The third-order valence-corrected chi connectivity index (χ3v) is 2.42. The molecule has 0 aliphatic carbocycles. The van der Waals surface area contributed by atoms with E-state index in [1.165, 1.54) is 12.1 Å². The number of rotatable bonds is 4. The highest BCUT2D eigenvalue weighted by Crippen LogP contribution is 2.24. The molecule has 1 amide bonds. The molecule has 5 nitrogen and oxygen atoms in total. The number of carbonyl (C=O) groups is 2. The number of amides is 1. The minimum atomic E-state index is -4.76. The van der Waals surface area contributed by atoms with Gasteiger partial charge in [-0.1, -0.05) is 12.1 Å². The van der Waals surface area contributed by atoms with Gasteiger partial charge in [0.05, 0.1) is 12.6 Å². The lowest BCUT2D eigenvalue weighted by Crippen LogP contribution is -2.34. The van der Waals surface area contributed by atoms with Crippen LogP contribution in [-0.2, 0) is 14.3 Å². The molecule has 0 unspecified atom stereocenters. The molecular formula is C13H14F3NO4. The van der Waals surface area contributed by atoms with E-state index in [4.69, 9.17) is 0 Å². The van der Waals surface area contributed by atoms with E-state index in [1.807, 2.05) is 0 Å². The Labute approximate surface area is 119 Å². The number of hydrogen-bond acceptors (Lipinski definition) is 4. The minimum Gasteiger partial charge on any atom is -0.459 e. The highest BCUT2D eigenvalue weighted by molar-refractivity contribution is 6.32. The molecule has 1 rings (SSSR count). The Hall–Kier alpha value is -2.25. The Kier molecular flexibility index (Phi) is 5.57. The molecule has 0 saturated carbocycles. The fourth-order valence-corrected chi connectivity index (χ4v) is 1.49. The maximum Gasteiger partial charge on any atom is 0.573 e. The fourth-order valence-electron chi connectivity index (χ4n) is 1.49. The number of nitrogens with one attached hydrogen (secondary N) is 1. The Morgan fingerprint density at radius 2 is 1.81 bits per heavy atom. The van der Waals surface area contributed by atoms with Gasteiger partial charge < -0.3 is 14.8 Å². The molecule has 1 aromatic rings. The molecule has 0 fully saturated rings. The number of halogens is 3. The van der Waals surface area contributed by atoms with Crippen LogP contribution in [0, 0.1) is 0 Å². The van der Waals surface area contributed by atoms with Crippen molar-refractivity contribution in [2.45, 2.75) is 26.3 Å². The van der Waals surface area contributed by atoms with Gasteiger partial charge in [0.25, 0.3) is 0 Å². The zero-order valence-electron chi connectivity index (χ0n) is 11.4. The summed E-state index contributed by atoms with van der Waals surface area (Å²) in [4.78, 5) is 22.6. The molecule has 0 radical (unpaired) electrons. The van der Waals surface area contributed by atoms with Gasteiger partial charge in [-0.15, -0.1) is 13.2 Å². The second-order valence-electron chi connectivity index (χ2n) is 4.03. The molecule has 8 heteroatoms. The molecule has 0 heterocycles. The first-order valence-corrected chi connectivity index (χ1v) is 6.06. The molecule has 1 aromatic carbocycles. The van der Waals surface area contributed by atoms with Gasteiger partial charge in [0.15, 0.2) is 0 Å². The van der Waals surface area contributed by atoms with Crippen molar-refractivity contribution >= 4 is 11.9 Å². The normalized spacial score (nSPS) is 12.4. The van der Waals surface area contributed by atoms with E-state index in [-0.39, 0.29) is 12.4 Å². The number of alkyl halides is 3. The largest absolute Gasteiger partial charge is 0.573 e. The molecule has 1 atom stereocenters. The third kappa shape index (κ3) is 5.72. The van der Waals surface area contributed by atoms with E-state index in [9.17, 15) is 22.8 Å². The topological polar surface area (TPSA) is 64.6 Å². The molecule has 0 spiro atoms. The van der Waals surface area contributed by atoms with E-state index < -0.39 is 24.3 Å². The molecular weight excluding hydrogens is 291 g/mol. The Balaban J connectivity index is 2.65. The van der Waals surface area contributed by atoms with Gasteiger partial charge in [0, 0.05) is 0 Å². The highest BCUT2D eigenvalue weighted by atomic mass is 19.4. The summed E-state index contributed by atoms with van der Waals surface area (Å²) in [6, 6.07) is 4.39. The molecule has 0 aliphatic heterocycles. The summed E-state index contributed by atoms with van der Waals surface area (Å²) in [6.07, 6.45) is -4.76. The van der Waals surface area contributed by atoms with Crippen LogP contribution in [0.25, 0.3) is 0 Å². The van der Waals surface area contributed by atoms with Crippen LogP contribution in [0.3, 0.4) is 0 Å². The van der Waals surface area contributed by atoms with Crippen LogP contribution in [0.1, 0.15) is 25.5 Å². The van der Waals surface area contributed by atoms with Crippen molar-refractivity contribution < 1.29 is 32.2 Å². The molecule has 0 aromatic heterocycles. The molecule has 0 bridgehead atoms. The SMILES string of the molecule is CCOC(=O)C(=O)N[C@@H](C)c1ccc(OC(F)(F)F)cc1. The zero-order chi connectivity index (χ0) is 16.0. The number of esters is 1. The van der Waals surface area contributed by atoms with Crippen LogP contribution >= 0.6 is 0 Å². The van der Waals surface area contributed by atoms with Crippen LogP contribution < -0.4 is 10.1 Å². The van der Waals surface area contributed by atoms with Crippen LogP contribution in [0.15, 0.2) is 24.3 Å². The van der Waals surface area contributed by atoms with Crippen molar-refractivity contribution in [3.05, 3.63) is 29.8 Å². The molecule has 21 heavy (non-hydrogen) atoms. The van der Waals surface area contributed by atoms with Crippen LogP contribution in [-0.4, -0.2) is 24.8 Å². The fraction of sp³-hybridized carbons (Fsp3) is 0.385. The van der Waals surface area contributed by atoms with Gasteiger partial charge in [-0.3, -0.25) is 4.79 Å². The summed E-state index contributed by atoms with van der Waals surface area (Å²) in [6.45, 7) is 3.22. The second-order valence-corrected chi connectivity index (χ2v) is 4.03. The van der Waals surface area contributed by atoms with E-state index in [1.54, 1.807) is 13.8 Å². The Bertz CT molecular complexity index is 499. The Morgan fingerprint density at radius 1 is 1.24 bits per heavy atom. The van der Waals surface area contributed by atoms with Crippen molar-refractivity contribution in [1.82, 2.24) is 5.32 Å². The number of ether oxygens (including phenoxy) is 2. The maximum atomic E-state index is 12.0. The summed E-state index contributed by atoms with van der Waals surface area (Å²) < 4.78 is 44.3. The van der Waals surface area contributed by atoms with Crippen LogP contribution in [0.4, 0.5) is 13.2 Å². The lowest BCUT2D eigenvalue weighted by molar-refractivity contribution is -0.274. The van der Waals surface area contributed by atoms with Gasteiger partial charge in [-0.05, 0) is 31.5 Å².